The van der Waals surface area contributed by atoms with Crippen molar-refractivity contribution in [3.8, 4) is 57.1 Å². The minimum Gasteiger partial charge on any atom is -0.497 e. The first-order chi connectivity index (χ1) is 14.7. The van der Waals surface area contributed by atoms with E-state index in [0.29, 0.717) is 40.1 Å². The average molecular weight is 408 g/mol. The molecule has 2 aromatic carbocycles. The fourth-order valence-electron chi connectivity index (χ4n) is 3.11. The van der Waals surface area contributed by atoms with Gasteiger partial charge in [-0.25, -0.2) is 0 Å². The molecule has 1 N–H and O–H groups in total. The molecule has 0 aliphatic rings. The number of aromatic nitrogens is 4. The van der Waals surface area contributed by atoms with E-state index in [4.69, 9.17) is 23.5 Å². The summed E-state index contributed by atoms with van der Waals surface area (Å²) >= 11 is 0. The van der Waals surface area contributed by atoms with Crippen LogP contribution in [0.2, 0.25) is 0 Å². The van der Waals surface area contributed by atoms with E-state index in [2.05, 4.69) is 20.3 Å². The van der Waals surface area contributed by atoms with Crippen molar-refractivity contribution in [2.24, 2.45) is 0 Å². The second kappa shape index (κ2) is 8.16. The molecule has 0 saturated heterocycles. The van der Waals surface area contributed by atoms with Crippen molar-refractivity contribution < 1.29 is 23.5 Å². The maximum absolute atomic E-state index is 5.52. The molecule has 0 saturated carbocycles. The summed E-state index contributed by atoms with van der Waals surface area (Å²) in [5, 5.41) is 11.2. The van der Waals surface area contributed by atoms with Gasteiger partial charge in [0.1, 0.15) is 5.75 Å². The van der Waals surface area contributed by atoms with Crippen molar-refractivity contribution in [3.63, 3.8) is 0 Å². The van der Waals surface area contributed by atoms with Crippen LogP contribution in [0.15, 0.2) is 47.1 Å². The van der Waals surface area contributed by atoms with Gasteiger partial charge in [-0.3, -0.25) is 5.10 Å². The molecule has 30 heavy (non-hydrogen) atoms. The van der Waals surface area contributed by atoms with Gasteiger partial charge in [-0.05, 0) is 24.3 Å². The molecule has 0 spiro atoms. The summed E-state index contributed by atoms with van der Waals surface area (Å²) in [6, 6.07) is 11.1. The Kier molecular flexibility index (Phi) is 5.25. The molecule has 2 heterocycles. The topological polar surface area (TPSA) is 105 Å². The van der Waals surface area contributed by atoms with Gasteiger partial charge in [-0.1, -0.05) is 17.3 Å². The number of hydrogen-bond acceptors (Lipinski definition) is 8. The SMILES string of the molecule is COc1cccc(-c2[nH]ncc2-c2nc(-c3cc(OC)c(OC)c(OC)c3)no2)c1. The van der Waals surface area contributed by atoms with Gasteiger partial charge >= 0.3 is 0 Å². The zero-order valence-electron chi connectivity index (χ0n) is 16.9. The minimum atomic E-state index is 0.324. The molecule has 0 amide bonds. The van der Waals surface area contributed by atoms with Gasteiger partial charge in [-0.15, -0.1) is 0 Å². The minimum absolute atomic E-state index is 0.324. The summed E-state index contributed by atoms with van der Waals surface area (Å²) in [6.45, 7) is 0. The lowest BCUT2D eigenvalue weighted by atomic mass is 10.1. The molecule has 0 fully saturated rings. The second-order valence-corrected chi connectivity index (χ2v) is 6.23. The summed E-state index contributed by atoms with van der Waals surface area (Å²) in [6.07, 6.45) is 1.64. The summed E-state index contributed by atoms with van der Waals surface area (Å²) in [4.78, 5) is 4.54. The van der Waals surface area contributed by atoms with E-state index in [-0.39, 0.29) is 0 Å². The van der Waals surface area contributed by atoms with Gasteiger partial charge in [0.05, 0.1) is 45.9 Å². The molecule has 0 radical (unpaired) electrons. The maximum atomic E-state index is 5.52. The zero-order chi connectivity index (χ0) is 21.1. The van der Waals surface area contributed by atoms with Gasteiger partial charge in [0.25, 0.3) is 5.89 Å². The van der Waals surface area contributed by atoms with Gasteiger partial charge in [0.2, 0.25) is 11.6 Å². The van der Waals surface area contributed by atoms with Crippen LogP contribution < -0.4 is 18.9 Å². The Labute approximate surface area is 172 Å². The fraction of sp³-hybridized carbons (Fsp3) is 0.190. The molecule has 9 nitrogen and oxygen atoms in total. The lowest BCUT2D eigenvalue weighted by Crippen LogP contribution is -1.96. The molecule has 2 aromatic heterocycles. The van der Waals surface area contributed by atoms with Crippen molar-refractivity contribution in [1.29, 1.82) is 0 Å². The molecule has 4 rings (SSSR count). The standard InChI is InChI=1S/C21H20N4O5/c1-26-14-7-5-6-12(8-14)18-15(11-22-24-18)21-23-20(25-30-21)13-9-16(27-2)19(29-4)17(10-13)28-3/h5-11H,1-4H3,(H,22,24). The van der Waals surface area contributed by atoms with Gasteiger partial charge in [0, 0.05) is 11.1 Å². The van der Waals surface area contributed by atoms with Crippen molar-refractivity contribution in [3.05, 3.63) is 42.6 Å². The highest BCUT2D eigenvalue weighted by atomic mass is 16.5. The highest BCUT2D eigenvalue weighted by Gasteiger charge is 2.20. The molecule has 0 atom stereocenters. The highest BCUT2D eigenvalue weighted by Crippen LogP contribution is 2.41. The first-order valence-corrected chi connectivity index (χ1v) is 9.00. The molecule has 0 aliphatic heterocycles. The maximum Gasteiger partial charge on any atom is 0.262 e. The van der Waals surface area contributed by atoms with E-state index >= 15 is 0 Å². The van der Waals surface area contributed by atoms with Crippen LogP contribution in [0.1, 0.15) is 0 Å². The smallest absolute Gasteiger partial charge is 0.262 e. The third kappa shape index (κ3) is 3.41. The number of aromatic amines is 1. The number of rotatable bonds is 7. The zero-order valence-corrected chi connectivity index (χ0v) is 16.9. The molecule has 0 bridgehead atoms. The summed E-state index contributed by atoms with van der Waals surface area (Å²) in [5.74, 6) is 2.92. The summed E-state index contributed by atoms with van der Waals surface area (Å²) in [5.41, 5.74) is 2.96. The van der Waals surface area contributed by atoms with E-state index in [0.717, 1.165) is 17.0 Å². The molecule has 154 valence electrons. The Hall–Kier alpha value is -4.01. The number of hydrogen-bond donors (Lipinski definition) is 1. The van der Waals surface area contributed by atoms with E-state index in [1.165, 1.54) is 0 Å². The Morgan fingerprint density at radius 3 is 2.30 bits per heavy atom. The van der Waals surface area contributed by atoms with Crippen LogP contribution in [0.4, 0.5) is 0 Å². The van der Waals surface area contributed by atoms with Crippen molar-refractivity contribution >= 4 is 0 Å². The molecule has 9 heteroatoms. The van der Waals surface area contributed by atoms with E-state index < -0.39 is 0 Å². The number of nitrogens with zero attached hydrogens (tertiary/aromatic N) is 3. The predicted octanol–water partition coefficient (Wildman–Crippen LogP) is 3.83. The van der Waals surface area contributed by atoms with E-state index in [9.17, 15) is 0 Å². The lowest BCUT2D eigenvalue weighted by Gasteiger charge is -2.12. The summed E-state index contributed by atoms with van der Waals surface area (Å²) < 4.78 is 27.0. The van der Waals surface area contributed by atoms with Gasteiger partial charge in [-0.2, -0.15) is 10.1 Å². The van der Waals surface area contributed by atoms with Crippen LogP contribution in [0.3, 0.4) is 0 Å². The van der Waals surface area contributed by atoms with Crippen molar-refractivity contribution in [1.82, 2.24) is 20.3 Å². The van der Waals surface area contributed by atoms with Crippen LogP contribution in [-0.2, 0) is 0 Å². The first kappa shape index (κ1) is 19.3. The monoisotopic (exact) mass is 408 g/mol. The number of benzene rings is 2. The van der Waals surface area contributed by atoms with Crippen molar-refractivity contribution in [2.75, 3.05) is 28.4 Å². The van der Waals surface area contributed by atoms with E-state index in [1.807, 2.05) is 24.3 Å². The van der Waals surface area contributed by atoms with Crippen LogP contribution in [0.25, 0.3) is 34.1 Å². The normalized spacial score (nSPS) is 10.7. The van der Waals surface area contributed by atoms with Crippen molar-refractivity contribution in [2.45, 2.75) is 0 Å². The largest absolute Gasteiger partial charge is 0.497 e. The number of methoxy groups -OCH3 is 4. The van der Waals surface area contributed by atoms with Crippen LogP contribution in [0, 0.1) is 0 Å². The third-order valence-corrected chi connectivity index (χ3v) is 4.58. The Morgan fingerprint density at radius 2 is 1.63 bits per heavy atom. The molecule has 0 aliphatic carbocycles. The lowest BCUT2D eigenvalue weighted by molar-refractivity contribution is 0.324. The first-order valence-electron chi connectivity index (χ1n) is 9.00. The molecular weight excluding hydrogens is 388 g/mol. The second-order valence-electron chi connectivity index (χ2n) is 6.23. The Bertz CT molecular complexity index is 1140. The third-order valence-electron chi connectivity index (χ3n) is 4.58. The molecule has 4 aromatic rings. The Balaban J connectivity index is 1.74. The van der Waals surface area contributed by atoms with Gasteiger partial charge in [0.15, 0.2) is 11.5 Å². The summed E-state index contributed by atoms with van der Waals surface area (Å²) in [7, 11) is 6.27. The number of ether oxygens (including phenoxy) is 4. The fourth-order valence-corrected chi connectivity index (χ4v) is 3.11. The average Bonchev–Trinajstić information content (AvgIpc) is 3.47. The van der Waals surface area contributed by atoms with Crippen LogP contribution in [0.5, 0.6) is 23.0 Å². The number of nitrogens with one attached hydrogen (secondary N) is 1. The van der Waals surface area contributed by atoms with Gasteiger partial charge < -0.3 is 23.5 Å². The number of H-pyrrole nitrogens is 1. The Morgan fingerprint density at radius 1 is 0.867 bits per heavy atom. The molecular formula is C21H20N4O5. The highest BCUT2D eigenvalue weighted by molar-refractivity contribution is 5.77. The van der Waals surface area contributed by atoms with E-state index in [1.54, 1.807) is 46.8 Å². The quantitative estimate of drug-likeness (QED) is 0.492. The van der Waals surface area contributed by atoms with Crippen LogP contribution >= 0.6 is 0 Å². The van der Waals surface area contributed by atoms with Crippen LogP contribution in [-0.4, -0.2) is 48.8 Å². The predicted molar refractivity (Wildman–Crippen MR) is 109 cm³/mol. The molecule has 0 unspecified atom stereocenters.